The van der Waals surface area contributed by atoms with Gasteiger partial charge in [-0.15, -0.1) is 11.8 Å². The maximum Gasteiger partial charge on any atom is 0.308 e. The van der Waals surface area contributed by atoms with Gasteiger partial charge in [-0.3, -0.25) is 4.79 Å². The molecule has 1 aliphatic heterocycles. The fraction of sp³-hybridized carbons (Fsp3) is 0.240. The summed E-state index contributed by atoms with van der Waals surface area (Å²) in [5.41, 5.74) is 1.71. The van der Waals surface area contributed by atoms with Gasteiger partial charge in [-0.2, -0.15) is 4.31 Å². The third-order valence-electron chi connectivity index (χ3n) is 5.93. The van der Waals surface area contributed by atoms with Crippen molar-refractivity contribution in [2.24, 2.45) is 5.92 Å². The molecule has 0 spiro atoms. The van der Waals surface area contributed by atoms with Gasteiger partial charge in [-0.05, 0) is 67.4 Å². The number of aryl methyl sites for hydroxylation is 1. The molecule has 1 heterocycles. The van der Waals surface area contributed by atoms with E-state index in [1.54, 1.807) is 60.7 Å². The van der Waals surface area contributed by atoms with Gasteiger partial charge >= 0.3 is 5.97 Å². The predicted octanol–water partition coefficient (Wildman–Crippen LogP) is 6.30. The Balaban J connectivity index is 1.75. The van der Waals surface area contributed by atoms with E-state index in [0.29, 0.717) is 16.5 Å². The number of hydrogen-bond donors (Lipinski definition) is 1. The number of hydrogen-bond acceptors (Lipinski definition) is 4. The van der Waals surface area contributed by atoms with Crippen LogP contribution in [0.1, 0.15) is 23.6 Å². The van der Waals surface area contributed by atoms with E-state index < -0.39 is 28.0 Å². The van der Waals surface area contributed by atoms with Crippen LogP contribution in [0.25, 0.3) is 0 Å². The third kappa shape index (κ3) is 5.44. The van der Waals surface area contributed by atoms with Gasteiger partial charge in [0.05, 0.1) is 16.9 Å². The number of rotatable bonds is 6. The first-order valence-electron chi connectivity index (χ1n) is 10.6. The van der Waals surface area contributed by atoms with Crippen molar-refractivity contribution in [3.63, 3.8) is 0 Å². The van der Waals surface area contributed by atoms with Crippen LogP contribution in [0.3, 0.4) is 0 Å². The number of nitrogens with zero attached hydrogens (tertiary/aromatic N) is 1. The van der Waals surface area contributed by atoms with Crippen molar-refractivity contribution in [2.75, 3.05) is 6.54 Å². The van der Waals surface area contributed by atoms with Crippen molar-refractivity contribution in [2.45, 2.75) is 34.4 Å². The minimum atomic E-state index is -3.94. The van der Waals surface area contributed by atoms with Crippen LogP contribution in [0, 0.1) is 12.8 Å². The predicted molar refractivity (Wildman–Crippen MR) is 136 cm³/mol. The van der Waals surface area contributed by atoms with Crippen LogP contribution >= 0.6 is 35.0 Å². The Kier molecular flexibility index (Phi) is 7.60. The highest BCUT2D eigenvalue weighted by Crippen LogP contribution is 2.44. The summed E-state index contributed by atoms with van der Waals surface area (Å²) in [6, 6.07) is 20.3. The summed E-state index contributed by atoms with van der Waals surface area (Å²) in [5, 5.41) is 10.8. The van der Waals surface area contributed by atoms with Crippen LogP contribution in [0.2, 0.25) is 10.0 Å². The second kappa shape index (κ2) is 10.3. The lowest BCUT2D eigenvalue weighted by Gasteiger charge is -2.41. The molecule has 34 heavy (non-hydrogen) atoms. The molecule has 5 nitrogen and oxygen atoms in total. The molecule has 0 radical (unpaired) electrons. The molecule has 0 unspecified atom stereocenters. The van der Waals surface area contributed by atoms with Crippen LogP contribution in [-0.2, 0) is 14.8 Å². The lowest BCUT2D eigenvalue weighted by Crippen LogP contribution is -2.49. The normalized spacial score (nSPS) is 21.3. The standard InChI is InChI=1S/C25H23Cl2NO4S2/c1-16-2-12-21(13-3-16)34(31,32)28-15-22(25(29)30)24(33-20-10-8-19(27)9-11-20)14-23(28)17-4-6-18(26)7-5-17/h2-13,22-24H,14-15H2,1H3,(H,29,30)/t22-,23+,24-/m1/s1. The second-order valence-electron chi connectivity index (χ2n) is 8.25. The highest BCUT2D eigenvalue weighted by Gasteiger charge is 2.45. The van der Waals surface area contributed by atoms with E-state index in [2.05, 4.69) is 0 Å². The zero-order valence-corrected chi connectivity index (χ0v) is 21.4. The van der Waals surface area contributed by atoms with E-state index in [1.165, 1.54) is 16.1 Å². The SMILES string of the molecule is Cc1ccc(S(=O)(=O)N2C[C@@H](C(=O)O)[C@H](Sc3ccc(Cl)cc3)C[C@H]2c2ccc(Cl)cc2)cc1. The zero-order chi connectivity index (χ0) is 24.5. The maximum atomic E-state index is 13.7. The van der Waals surface area contributed by atoms with E-state index in [0.717, 1.165) is 16.0 Å². The molecule has 1 fully saturated rings. The number of carboxylic acids is 1. The van der Waals surface area contributed by atoms with Crippen LogP contribution < -0.4 is 0 Å². The van der Waals surface area contributed by atoms with E-state index in [9.17, 15) is 18.3 Å². The van der Waals surface area contributed by atoms with E-state index in [-0.39, 0.29) is 16.7 Å². The Morgan fingerprint density at radius 1 is 0.941 bits per heavy atom. The summed E-state index contributed by atoms with van der Waals surface area (Å²) in [5.74, 6) is -1.91. The number of benzene rings is 3. The molecule has 0 bridgehead atoms. The molecule has 0 aromatic heterocycles. The molecule has 9 heteroatoms. The smallest absolute Gasteiger partial charge is 0.308 e. The van der Waals surface area contributed by atoms with Gasteiger partial charge in [0, 0.05) is 26.7 Å². The van der Waals surface area contributed by atoms with Crippen molar-refractivity contribution in [1.82, 2.24) is 4.31 Å². The largest absolute Gasteiger partial charge is 0.481 e. The molecule has 3 aromatic rings. The van der Waals surface area contributed by atoms with Crippen molar-refractivity contribution in [3.05, 3.63) is 94.0 Å². The van der Waals surface area contributed by atoms with Crippen LogP contribution in [0.4, 0.5) is 0 Å². The van der Waals surface area contributed by atoms with Crippen molar-refractivity contribution >= 4 is 51.0 Å². The van der Waals surface area contributed by atoms with Gasteiger partial charge in [-0.1, -0.05) is 53.0 Å². The Hall–Kier alpha value is -2.03. The van der Waals surface area contributed by atoms with E-state index in [4.69, 9.17) is 23.2 Å². The van der Waals surface area contributed by atoms with Crippen LogP contribution in [0.5, 0.6) is 0 Å². The molecular weight excluding hydrogens is 513 g/mol. The molecule has 0 saturated carbocycles. The first-order chi connectivity index (χ1) is 16.1. The summed E-state index contributed by atoms with van der Waals surface area (Å²) >= 11 is 13.5. The minimum absolute atomic E-state index is 0.135. The average molecular weight is 537 g/mol. The molecule has 1 aliphatic rings. The van der Waals surface area contributed by atoms with Crippen LogP contribution in [-0.4, -0.2) is 35.6 Å². The Bertz CT molecular complexity index is 1260. The van der Waals surface area contributed by atoms with Gasteiger partial charge < -0.3 is 5.11 Å². The molecule has 178 valence electrons. The zero-order valence-electron chi connectivity index (χ0n) is 18.3. The molecule has 1 N–H and O–H groups in total. The highest BCUT2D eigenvalue weighted by molar-refractivity contribution is 8.00. The number of carbonyl (C=O) groups is 1. The summed E-state index contributed by atoms with van der Waals surface area (Å²) in [6.45, 7) is 1.75. The van der Waals surface area contributed by atoms with Gasteiger partial charge in [0.1, 0.15) is 0 Å². The summed E-state index contributed by atoms with van der Waals surface area (Å²) in [7, 11) is -3.94. The van der Waals surface area contributed by atoms with Gasteiger partial charge in [0.2, 0.25) is 10.0 Å². The van der Waals surface area contributed by atoms with Gasteiger partial charge in [0.25, 0.3) is 0 Å². The third-order valence-corrected chi connectivity index (χ3v) is 9.69. The monoisotopic (exact) mass is 535 g/mol. The van der Waals surface area contributed by atoms with Gasteiger partial charge in [0.15, 0.2) is 0 Å². The number of thioether (sulfide) groups is 1. The fourth-order valence-electron chi connectivity index (χ4n) is 4.09. The Labute approximate surface area is 213 Å². The molecule has 1 saturated heterocycles. The topological polar surface area (TPSA) is 74.7 Å². The molecule has 0 aliphatic carbocycles. The lowest BCUT2D eigenvalue weighted by atomic mass is 9.90. The van der Waals surface area contributed by atoms with E-state index >= 15 is 0 Å². The first-order valence-corrected chi connectivity index (χ1v) is 13.7. The highest BCUT2D eigenvalue weighted by atomic mass is 35.5. The van der Waals surface area contributed by atoms with Crippen molar-refractivity contribution in [1.29, 1.82) is 0 Å². The molecule has 0 amide bonds. The summed E-state index contributed by atoms with van der Waals surface area (Å²) in [4.78, 5) is 13.3. The maximum absolute atomic E-state index is 13.7. The Morgan fingerprint density at radius 3 is 2.06 bits per heavy atom. The second-order valence-corrected chi connectivity index (χ2v) is 12.3. The van der Waals surface area contributed by atoms with E-state index in [1.807, 2.05) is 19.1 Å². The quantitative estimate of drug-likeness (QED) is 0.400. The van der Waals surface area contributed by atoms with Crippen molar-refractivity contribution < 1.29 is 18.3 Å². The molecule has 4 rings (SSSR count). The summed E-state index contributed by atoms with van der Waals surface area (Å²) in [6.07, 6.45) is 0.330. The number of piperidine rings is 1. The first kappa shape index (κ1) is 25.1. The fourth-order valence-corrected chi connectivity index (χ4v) is 7.28. The van der Waals surface area contributed by atoms with Crippen LogP contribution in [0.15, 0.2) is 82.6 Å². The number of carboxylic acid groups (broad SMARTS) is 1. The number of halogens is 2. The lowest BCUT2D eigenvalue weighted by molar-refractivity contribution is -0.143. The molecule has 3 aromatic carbocycles. The Morgan fingerprint density at radius 2 is 1.50 bits per heavy atom. The van der Waals surface area contributed by atoms with Gasteiger partial charge in [-0.25, -0.2) is 8.42 Å². The molecular formula is C25H23Cl2NO4S2. The average Bonchev–Trinajstić information content (AvgIpc) is 2.81. The minimum Gasteiger partial charge on any atom is -0.481 e. The number of aliphatic carboxylic acids is 1. The number of sulfonamides is 1. The summed E-state index contributed by atoms with van der Waals surface area (Å²) < 4.78 is 28.7. The van der Waals surface area contributed by atoms with Crippen molar-refractivity contribution in [3.8, 4) is 0 Å². The molecule has 3 atom stereocenters.